The second-order valence-electron chi connectivity index (χ2n) is 5.07. The van der Waals surface area contributed by atoms with Gasteiger partial charge in [0.1, 0.15) is 17.3 Å². The fourth-order valence-corrected chi connectivity index (χ4v) is 2.55. The predicted molar refractivity (Wildman–Crippen MR) is 79.7 cm³/mol. The maximum absolute atomic E-state index is 5.72. The zero-order chi connectivity index (χ0) is 14.1. The molecular formula is C16H19N3O. The van der Waals surface area contributed by atoms with Crippen LogP contribution in [0.2, 0.25) is 0 Å². The van der Waals surface area contributed by atoms with Gasteiger partial charge in [0.25, 0.3) is 0 Å². The molecule has 3 rings (SSSR count). The van der Waals surface area contributed by atoms with Crippen LogP contribution in [-0.4, -0.2) is 16.6 Å². The number of benzene rings is 1. The molecule has 1 atom stereocenters. The predicted octanol–water partition coefficient (Wildman–Crippen LogP) is 2.98. The number of para-hydroxylation sites is 2. The summed E-state index contributed by atoms with van der Waals surface area (Å²) in [5.41, 5.74) is 2.20. The number of imidazole rings is 1. The molecule has 0 aliphatic heterocycles. The van der Waals surface area contributed by atoms with Gasteiger partial charge in [-0.25, -0.2) is 4.98 Å². The lowest BCUT2D eigenvalue weighted by Gasteiger charge is -2.13. The average Bonchev–Trinajstić information content (AvgIpc) is 3.01. The van der Waals surface area contributed by atoms with Crippen LogP contribution in [0, 0.1) is 6.92 Å². The molecule has 0 saturated carbocycles. The molecule has 1 N–H and O–H groups in total. The highest BCUT2D eigenvalue weighted by atomic mass is 16.3. The Morgan fingerprint density at radius 3 is 2.70 bits per heavy atom. The number of rotatable bonds is 4. The van der Waals surface area contributed by atoms with Crippen LogP contribution in [0.5, 0.6) is 0 Å². The Morgan fingerprint density at radius 1 is 1.25 bits per heavy atom. The summed E-state index contributed by atoms with van der Waals surface area (Å²) in [5, 5.41) is 3.30. The van der Waals surface area contributed by atoms with E-state index >= 15 is 0 Å². The van der Waals surface area contributed by atoms with Crippen LogP contribution >= 0.6 is 0 Å². The van der Waals surface area contributed by atoms with Gasteiger partial charge in [0.2, 0.25) is 0 Å². The van der Waals surface area contributed by atoms with Gasteiger partial charge < -0.3 is 14.3 Å². The molecule has 2 heterocycles. The standard InChI is InChI=1S/C16H19N3O/c1-11-8-9-15(20-11)13(17-2)10-16-18-12-6-4-5-7-14(12)19(16)3/h4-9,13,17H,10H2,1-3H3. The molecule has 2 aromatic heterocycles. The third-order valence-electron chi connectivity index (χ3n) is 3.72. The smallest absolute Gasteiger partial charge is 0.121 e. The number of fused-ring (bicyclic) bond motifs is 1. The van der Waals surface area contributed by atoms with Gasteiger partial charge in [0.15, 0.2) is 0 Å². The summed E-state index contributed by atoms with van der Waals surface area (Å²) < 4.78 is 7.87. The molecule has 0 fully saturated rings. The Labute approximate surface area is 118 Å². The van der Waals surface area contributed by atoms with Crippen molar-refractivity contribution >= 4 is 11.0 Å². The van der Waals surface area contributed by atoms with Gasteiger partial charge in [-0.2, -0.15) is 0 Å². The second-order valence-corrected chi connectivity index (χ2v) is 5.07. The second kappa shape index (κ2) is 5.13. The Hall–Kier alpha value is -2.07. The Bertz CT molecular complexity index is 726. The van der Waals surface area contributed by atoms with E-state index in [0.717, 1.165) is 34.8 Å². The average molecular weight is 269 g/mol. The van der Waals surface area contributed by atoms with Crippen LogP contribution in [0.1, 0.15) is 23.4 Å². The molecule has 20 heavy (non-hydrogen) atoms. The first kappa shape index (κ1) is 12.9. The van der Waals surface area contributed by atoms with Crippen molar-refractivity contribution in [3.63, 3.8) is 0 Å². The summed E-state index contributed by atoms with van der Waals surface area (Å²) in [5.74, 6) is 2.95. The van der Waals surface area contributed by atoms with Crippen molar-refractivity contribution < 1.29 is 4.42 Å². The van der Waals surface area contributed by atoms with Gasteiger partial charge in [0, 0.05) is 13.5 Å². The molecule has 0 aliphatic rings. The van der Waals surface area contributed by atoms with Crippen molar-refractivity contribution in [1.29, 1.82) is 0 Å². The fraction of sp³-hybridized carbons (Fsp3) is 0.312. The van der Waals surface area contributed by atoms with E-state index in [1.165, 1.54) is 0 Å². The van der Waals surface area contributed by atoms with Gasteiger partial charge >= 0.3 is 0 Å². The van der Waals surface area contributed by atoms with E-state index in [1.54, 1.807) is 0 Å². The zero-order valence-corrected chi connectivity index (χ0v) is 12.1. The first-order chi connectivity index (χ1) is 9.69. The number of hydrogen-bond donors (Lipinski definition) is 1. The minimum atomic E-state index is 0.138. The molecule has 4 heteroatoms. The first-order valence-corrected chi connectivity index (χ1v) is 6.83. The Balaban J connectivity index is 1.93. The lowest BCUT2D eigenvalue weighted by Crippen LogP contribution is -2.20. The Morgan fingerprint density at radius 2 is 2.05 bits per heavy atom. The van der Waals surface area contributed by atoms with Crippen LogP contribution in [-0.2, 0) is 13.5 Å². The summed E-state index contributed by atoms with van der Waals surface area (Å²) >= 11 is 0. The van der Waals surface area contributed by atoms with E-state index in [2.05, 4.69) is 23.0 Å². The van der Waals surface area contributed by atoms with E-state index < -0.39 is 0 Å². The van der Waals surface area contributed by atoms with Gasteiger partial charge in [-0.15, -0.1) is 0 Å². The van der Waals surface area contributed by atoms with E-state index in [4.69, 9.17) is 9.40 Å². The summed E-state index contributed by atoms with van der Waals surface area (Å²) in [7, 11) is 4.01. The van der Waals surface area contributed by atoms with Crippen LogP contribution in [0.3, 0.4) is 0 Å². The van der Waals surface area contributed by atoms with E-state index in [0.29, 0.717) is 0 Å². The maximum Gasteiger partial charge on any atom is 0.121 e. The van der Waals surface area contributed by atoms with E-state index in [1.807, 2.05) is 44.3 Å². The zero-order valence-electron chi connectivity index (χ0n) is 12.1. The highest BCUT2D eigenvalue weighted by Gasteiger charge is 2.17. The minimum Gasteiger partial charge on any atom is -0.465 e. The molecule has 0 spiro atoms. The summed E-state index contributed by atoms with van der Waals surface area (Å²) in [6, 6.07) is 12.4. The molecular weight excluding hydrogens is 250 g/mol. The number of nitrogens with one attached hydrogen (secondary N) is 1. The third kappa shape index (κ3) is 2.23. The van der Waals surface area contributed by atoms with Crippen molar-refractivity contribution in [2.24, 2.45) is 7.05 Å². The molecule has 0 radical (unpaired) electrons. The number of hydrogen-bond acceptors (Lipinski definition) is 3. The van der Waals surface area contributed by atoms with Crippen molar-refractivity contribution in [2.45, 2.75) is 19.4 Å². The lowest BCUT2D eigenvalue weighted by atomic mass is 10.1. The molecule has 0 saturated heterocycles. The summed E-state index contributed by atoms with van der Waals surface area (Å²) in [6.45, 7) is 1.96. The fourth-order valence-electron chi connectivity index (χ4n) is 2.55. The van der Waals surface area contributed by atoms with E-state index in [-0.39, 0.29) is 6.04 Å². The summed E-state index contributed by atoms with van der Waals surface area (Å²) in [4.78, 5) is 4.71. The molecule has 0 aliphatic carbocycles. The number of furan rings is 1. The monoisotopic (exact) mass is 269 g/mol. The third-order valence-corrected chi connectivity index (χ3v) is 3.72. The molecule has 0 bridgehead atoms. The highest BCUT2D eigenvalue weighted by Crippen LogP contribution is 2.22. The van der Waals surface area contributed by atoms with Gasteiger partial charge in [0.05, 0.1) is 17.1 Å². The van der Waals surface area contributed by atoms with Crippen LogP contribution < -0.4 is 5.32 Å². The van der Waals surface area contributed by atoms with Gasteiger partial charge in [-0.1, -0.05) is 12.1 Å². The molecule has 1 aromatic carbocycles. The number of aryl methyl sites for hydroxylation is 2. The van der Waals surface area contributed by atoms with Crippen LogP contribution in [0.25, 0.3) is 11.0 Å². The van der Waals surface area contributed by atoms with Gasteiger partial charge in [-0.05, 0) is 38.2 Å². The SMILES string of the molecule is CNC(Cc1nc2ccccc2n1C)c1ccc(C)o1. The van der Waals surface area contributed by atoms with Crippen molar-refractivity contribution in [1.82, 2.24) is 14.9 Å². The van der Waals surface area contributed by atoms with Gasteiger partial charge in [-0.3, -0.25) is 0 Å². The maximum atomic E-state index is 5.72. The van der Waals surface area contributed by atoms with Crippen molar-refractivity contribution in [3.05, 3.63) is 53.7 Å². The largest absolute Gasteiger partial charge is 0.465 e. The number of likely N-dealkylation sites (N-methyl/N-ethyl adjacent to an activating group) is 1. The minimum absolute atomic E-state index is 0.138. The lowest BCUT2D eigenvalue weighted by molar-refractivity contribution is 0.409. The van der Waals surface area contributed by atoms with Crippen molar-refractivity contribution in [2.75, 3.05) is 7.05 Å². The topological polar surface area (TPSA) is 43.0 Å². The van der Waals surface area contributed by atoms with Crippen LogP contribution in [0.4, 0.5) is 0 Å². The van der Waals surface area contributed by atoms with E-state index in [9.17, 15) is 0 Å². The molecule has 104 valence electrons. The summed E-state index contributed by atoms with van der Waals surface area (Å²) in [6.07, 6.45) is 0.800. The normalized spacial score (nSPS) is 12.9. The molecule has 0 amide bonds. The molecule has 3 aromatic rings. The molecule has 4 nitrogen and oxygen atoms in total. The number of aromatic nitrogens is 2. The highest BCUT2D eigenvalue weighted by molar-refractivity contribution is 5.75. The first-order valence-electron chi connectivity index (χ1n) is 6.83. The Kier molecular flexibility index (Phi) is 3.32. The van der Waals surface area contributed by atoms with Crippen LogP contribution in [0.15, 0.2) is 40.8 Å². The number of nitrogens with zero attached hydrogens (tertiary/aromatic N) is 2. The molecule has 1 unspecified atom stereocenters. The quantitative estimate of drug-likeness (QED) is 0.792. The van der Waals surface area contributed by atoms with Crippen molar-refractivity contribution in [3.8, 4) is 0 Å².